The Bertz CT molecular complexity index is 646. The van der Waals surface area contributed by atoms with Crippen molar-refractivity contribution >= 4 is 16.6 Å². The molecule has 2 rings (SSSR count). The van der Waals surface area contributed by atoms with E-state index in [1.165, 1.54) is 23.0 Å². The van der Waals surface area contributed by atoms with Crippen LogP contribution in [0.5, 0.6) is 0 Å². The van der Waals surface area contributed by atoms with Crippen molar-refractivity contribution in [1.29, 1.82) is 0 Å². The minimum absolute atomic E-state index is 0.0578. The van der Waals surface area contributed by atoms with Gasteiger partial charge in [-0.15, -0.1) is 0 Å². The van der Waals surface area contributed by atoms with E-state index in [4.69, 9.17) is 0 Å². The van der Waals surface area contributed by atoms with Gasteiger partial charge in [0.05, 0.1) is 22.2 Å². The number of hydrogen-bond donors (Lipinski definition) is 0. The van der Waals surface area contributed by atoms with E-state index < -0.39 is 4.92 Å². The van der Waals surface area contributed by atoms with Crippen LogP contribution < -0.4 is 5.56 Å². The fourth-order valence-electron chi connectivity index (χ4n) is 1.64. The molecular weight excluding hydrogens is 210 g/mol. The first-order valence-electron chi connectivity index (χ1n) is 4.61. The number of hydrogen-bond acceptors (Lipinski definition) is 4. The molecule has 6 nitrogen and oxygen atoms in total. The quantitative estimate of drug-likeness (QED) is 0.532. The number of benzene rings is 1. The topological polar surface area (TPSA) is 78.0 Å². The van der Waals surface area contributed by atoms with E-state index in [1.807, 2.05) is 0 Å². The Balaban J connectivity index is 2.98. The summed E-state index contributed by atoms with van der Waals surface area (Å²) < 4.78 is 1.30. The third-order valence-corrected chi connectivity index (χ3v) is 2.52. The molecule has 0 atom stereocenters. The lowest BCUT2D eigenvalue weighted by Crippen LogP contribution is -2.18. The van der Waals surface area contributed by atoms with Gasteiger partial charge in [0.15, 0.2) is 0 Å². The van der Waals surface area contributed by atoms with Crippen LogP contribution in [-0.2, 0) is 7.05 Å². The van der Waals surface area contributed by atoms with Crippen LogP contribution in [0.4, 0.5) is 5.69 Å². The van der Waals surface area contributed by atoms with Crippen LogP contribution in [0.3, 0.4) is 0 Å². The van der Waals surface area contributed by atoms with Crippen LogP contribution in [0.2, 0.25) is 0 Å². The van der Waals surface area contributed by atoms with Crippen molar-refractivity contribution in [3.8, 4) is 0 Å². The van der Waals surface area contributed by atoms with Crippen molar-refractivity contribution < 1.29 is 4.92 Å². The summed E-state index contributed by atoms with van der Waals surface area (Å²) in [5, 5.41) is 11.0. The van der Waals surface area contributed by atoms with Gasteiger partial charge < -0.3 is 4.57 Å². The molecule has 0 saturated heterocycles. The largest absolute Gasteiger partial charge is 0.302 e. The Kier molecular flexibility index (Phi) is 2.19. The molecule has 0 N–H and O–H groups in total. The summed E-state index contributed by atoms with van der Waals surface area (Å²) in [6.45, 7) is 1.56. The maximum Gasteiger partial charge on any atom is 0.273 e. The second-order valence-corrected chi connectivity index (χ2v) is 3.52. The number of fused-ring (bicyclic) bond motifs is 1. The first-order valence-corrected chi connectivity index (χ1v) is 4.61. The lowest BCUT2D eigenvalue weighted by atomic mass is 10.1. The SMILES string of the molecule is Cc1c([N+](=O)[O-])ccc2ncn(C)c(=O)c12. The van der Waals surface area contributed by atoms with E-state index in [-0.39, 0.29) is 11.2 Å². The van der Waals surface area contributed by atoms with Crippen LogP contribution in [-0.4, -0.2) is 14.5 Å². The minimum Gasteiger partial charge on any atom is -0.302 e. The van der Waals surface area contributed by atoms with E-state index >= 15 is 0 Å². The Morgan fingerprint density at radius 2 is 2.12 bits per heavy atom. The Hall–Kier alpha value is -2.24. The fourth-order valence-corrected chi connectivity index (χ4v) is 1.64. The normalized spacial score (nSPS) is 10.6. The molecule has 0 aliphatic carbocycles. The highest BCUT2D eigenvalue weighted by Gasteiger charge is 2.16. The Labute approximate surface area is 90.3 Å². The number of aromatic nitrogens is 2. The van der Waals surface area contributed by atoms with Crippen molar-refractivity contribution in [2.24, 2.45) is 7.05 Å². The van der Waals surface area contributed by atoms with Crippen LogP contribution >= 0.6 is 0 Å². The highest BCUT2D eigenvalue weighted by Crippen LogP contribution is 2.22. The molecule has 1 heterocycles. The molecule has 0 spiro atoms. The molecule has 0 aliphatic rings. The first-order chi connectivity index (χ1) is 7.52. The van der Waals surface area contributed by atoms with Gasteiger partial charge in [-0.2, -0.15) is 0 Å². The number of nitro benzene ring substituents is 1. The summed E-state index contributed by atoms with van der Waals surface area (Å²) in [6, 6.07) is 2.85. The first kappa shape index (κ1) is 10.3. The maximum absolute atomic E-state index is 11.8. The number of rotatable bonds is 1. The lowest BCUT2D eigenvalue weighted by molar-refractivity contribution is -0.385. The van der Waals surface area contributed by atoms with E-state index in [0.717, 1.165) is 0 Å². The summed E-state index contributed by atoms with van der Waals surface area (Å²) in [7, 11) is 1.56. The standard InChI is InChI=1S/C10H9N3O3/c1-6-8(13(15)16)4-3-7-9(6)10(14)12(2)5-11-7/h3-5H,1-2H3. The van der Waals surface area contributed by atoms with Gasteiger partial charge in [0.2, 0.25) is 0 Å². The van der Waals surface area contributed by atoms with Gasteiger partial charge >= 0.3 is 0 Å². The van der Waals surface area contributed by atoms with E-state index in [2.05, 4.69) is 4.98 Å². The predicted molar refractivity (Wildman–Crippen MR) is 58.4 cm³/mol. The average Bonchev–Trinajstić information content (AvgIpc) is 2.23. The lowest BCUT2D eigenvalue weighted by Gasteiger charge is -2.03. The van der Waals surface area contributed by atoms with Crippen LogP contribution in [0, 0.1) is 17.0 Å². The molecule has 1 aromatic heterocycles. The third-order valence-electron chi connectivity index (χ3n) is 2.52. The van der Waals surface area contributed by atoms with Gasteiger partial charge in [0.25, 0.3) is 11.2 Å². The summed E-state index contributed by atoms with van der Waals surface area (Å²) in [5.41, 5.74) is 0.506. The summed E-state index contributed by atoms with van der Waals surface area (Å²) >= 11 is 0. The van der Waals surface area contributed by atoms with Crippen molar-refractivity contribution in [1.82, 2.24) is 9.55 Å². The zero-order valence-corrected chi connectivity index (χ0v) is 8.80. The van der Waals surface area contributed by atoms with Gasteiger partial charge in [0, 0.05) is 18.7 Å². The number of aryl methyl sites for hydroxylation is 2. The molecule has 82 valence electrons. The Morgan fingerprint density at radius 1 is 1.44 bits per heavy atom. The van der Waals surface area contributed by atoms with Gasteiger partial charge in [0.1, 0.15) is 0 Å². The smallest absolute Gasteiger partial charge is 0.273 e. The second-order valence-electron chi connectivity index (χ2n) is 3.52. The van der Waals surface area contributed by atoms with Crippen molar-refractivity contribution in [2.75, 3.05) is 0 Å². The van der Waals surface area contributed by atoms with Gasteiger partial charge in [-0.25, -0.2) is 4.98 Å². The van der Waals surface area contributed by atoms with Crippen LogP contribution in [0.25, 0.3) is 10.9 Å². The van der Waals surface area contributed by atoms with Gasteiger partial charge in [-0.1, -0.05) is 0 Å². The molecule has 0 aliphatic heterocycles. The highest BCUT2D eigenvalue weighted by molar-refractivity contribution is 5.84. The molecular formula is C10H9N3O3. The molecule has 0 radical (unpaired) electrons. The molecule has 1 aromatic carbocycles. The fraction of sp³-hybridized carbons (Fsp3) is 0.200. The average molecular weight is 219 g/mol. The summed E-state index contributed by atoms with van der Waals surface area (Å²) in [5.74, 6) is 0. The number of nitro groups is 1. The van der Waals surface area contributed by atoms with Crippen molar-refractivity contribution in [3.63, 3.8) is 0 Å². The van der Waals surface area contributed by atoms with E-state index in [9.17, 15) is 14.9 Å². The molecule has 0 unspecified atom stereocenters. The molecule has 0 fully saturated rings. The molecule has 16 heavy (non-hydrogen) atoms. The zero-order chi connectivity index (χ0) is 11.9. The van der Waals surface area contributed by atoms with Gasteiger partial charge in [-0.05, 0) is 13.0 Å². The monoisotopic (exact) mass is 219 g/mol. The summed E-state index contributed by atoms with van der Waals surface area (Å²) in [6.07, 6.45) is 1.40. The maximum atomic E-state index is 11.8. The van der Waals surface area contributed by atoms with E-state index in [0.29, 0.717) is 16.5 Å². The number of nitrogens with zero attached hydrogens (tertiary/aromatic N) is 3. The second kappa shape index (κ2) is 3.41. The van der Waals surface area contributed by atoms with Crippen LogP contribution in [0.15, 0.2) is 23.3 Å². The zero-order valence-electron chi connectivity index (χ0n) is 8.80. The van der Waals surface area contributed by atoms with Crippen molar-refractivity contribution in [3.05, 3.63) is 44.5 Å². The molecule has 6 heteroatoms. The predicted octanol–water partition coefficient (Wildman–Crippen LogP) is 1.15. The molecule has 0 amide bonds. The van der Waals surface area contributed by atoms with E-state index in [1.54, 1.807) is 14.0 Å². The third kappa shape index (κ3) is 1.35. The molecule has 0 bridgehead atoms. The Morgan fingerprint density at radius 3 is 2.75 bits per heavy atom. The minimum atomic E-state index is -0.499. The highest BCUT2D eigenvalue weighted by atomic mass is 16.6. The van der Waals surface area contributed by atoms with Crippen LogP contribution in [0.1, 0.15) is 5.56 Å². The summed E-state index contributed by atoms with van der Waals surface area (Å²) in [4.78, 5) is 26.1. The van der Waals surface area contributed by atoms with Gasteiger partial charge in [-0.3, -0.25) is 14.9 Å². The van der Waals surface area contributed by atoms with Crippen molar-refractivity contribution in [2.45, 2.75) is 6.92 Å². The molecule has 2 aromatic rings. The molecule has 0 saturated carbocycles.